The van der Waals surface area contributed by atoms with Crippen molar-refractivity contribution in [1.82, 2.24) is 14.8 Å². The van der Waals surface area contributed by atoms with E-state index in [-0.39, 0.29) is 0 Å². The second-order valence-corrected chi connectivity index (χ2v) is 5.44. The number of rotatable bonds is 6. The van der Waals surface area contributed by atoms with Crippen molar-refractivity contribution in [2.45, 2.75) is 33.9 Å². The second kappa shape index (κ2) is 6.73. The number of aryl methyl sites for hydroxylation is 1. The molecular formula is C14H20BN3O3. The van der Waals surface area contributed by atoms with Crippen LogP contribution in [0, 0.1) is 12.8 Å². The van der Waals surface area contributed by atoms with Gasteiger partial charge in [0.2, 0.25) is 0 Å². The Morgan fingerprint density at radius 1 is 1.33 bits per heavy atom. The highest BCUT2D eigenvalue weighted by atomic mass is 16.5. The van der Waals surface area contributed by atoms with Crippen LogP contribution in [0.2, 0.25) is 0 Å². The molecule has 6 nitrogen and oxygen atoms in total. The number of nitrogens with zero attached hydrogens (tertiary/aromatic N) is 3. The number of aromatic nitrogens is 3. The van der Waals surface area contributed by atoms with Crippen LogP contribution >= 0.6 is 0 Å². The predicted octanol–water partition coefficient (Wildman–Crippen LogP) is 0.501. The highest BCUT2D eigenvalue weighted by Gasteiger charge is 2.13. The van der Waals surface area contributed by atoms with Gasteiger partial charge in [0.1, 0.15) is 18.7 Å². The van der Waals surface area contributed by atoms with E-state index in [4.69, 9.17) is 14.8 Å². The van der Waals surface area contributed by atoms with E-state index in [9.17, 15) is 0 Å². The van der Waals surface area contributed by atoms with Crippen molar-refractivity contribution in [1.29, 1.82) is 0 Å². The molecule has 0 unspecified atom stereocenters. The van der Waals surface area contributed by atoms with E-state index in [1.54, 1.807) is 18.2 Å². The Morgan fingerprint density at radius 3 is 2.71 bits per heavy atom. The monoisotopic (exact) mass is 289 g/mol. The van der Waals surface area contributed by atoms with Gasteiger partial charge in [-0.3, -0.25) is 0 Å². The van der Waals surface area contributed by atoms with Crippen molar-refractivity contribution in [2.75, 3.05) is 0 Å². The molecular weight excluding hydrogens is 269 g/mol. The van der Waals surface area contributed by atoms with Gasteiger partial charge >= 0.3 is 7.12 Å². The summed E-state index contributed by atoms with van der Waals surface area (Å²) in [5.41, 5.74) is 1.29. The summed E-state index contributed by atoms with van der Waals surface area (Å²) in [6.45, 7) is 7.23. The average molecular weight is 289 g/mol. The molecule has 0 aliphatic rings. The molecule has 1 heterocycles. The quantitative estimate of drug-likeness (QED) is 0.757. The fraction of sp³-hybridized carbons (Fsp3) is 0.429. The van der Waals surface area contributed by atoms with E-state index in [0.717, 1.165) is 17.9 Å². The summed E-state index contributed by atoms with van der Waals surface area (Å²) in [7, 11) is -1.47. The van der Waals surface area contributed by atoms with Crippen molar-refractivity contribution in [3.8, 4) is 5.75 Å². The molecule has 7 heteroatoms. The van der Waals surface area contributed by atoms with Gasteiger partial charge in [0.05, 0.1) is 0 Å². The van der Waals surface area contributed by atoms with E-state index in [2.05, 4.69) is 23.9 Å². The molecule has 0 atom stereocenters. The maximum absolute atomic E-state index is 9.13. The van der Waals surface area contributed by atoms with Crippen molar-refractivity contribution >= 4 is 12.6 Å². The third-order valence-corrected chi connectivity index (χ3v) is 3.09. The predicted molar refractivity (Wildman–Crippen MR) is 80.2 cm³/mol. The number of hydrogen-bond acceptors (Lipinski definition) is 5. The Labute approximate surface area is 124 Å². The maximum atomic E-state index is 9.13. The summed E-state index contributed by atoms with van der Waals surface area (Å²) in [5.74, 6) is 1.95. The van der Waals surface area contributed by atoms with Crippen LogP contribution in [0.5, 0.6) is 5.75 Å². The molecule has 0 radical (unpaired) electrons. The molecule has 112 valence electrons. The number of hydrogen-bond donors (Lipinski definition) is 2. The number of benzene rings is 1. The lowest BCUT2D eigenvalue weighted by Crippen LogP contribution is -2.29. The fourth-order valence-corrected chi connectivity index (χ4v) is 2.04. The largest absolute Gasteiger partial charge is 0.488 e. The second-order valence-electron chi connectivity index (χ2n) is 5.44. The Balaban J connectivity index is 2.05. The normalized spacial score (nSPS) is 11.0. The van der Waals surface area contributed by atoms with Crippen molar-refractivity contribution in [2.24, 2.45) is 5.92 Å². The Bertz CT molecular complexity index is 599. The molecule has 2 rings (SSSR count). The Kier molecular flexibility index (Phi) is 4.98. The summed E-state index contributed by atoms with van der Waals surface area (Å²) in [6.07, 6.45) is 1.53. The standard InChI is InChI=1S/C14H20BN3O3/c1-10(2)7-18-14(16-9-17-18)8-21-13-5-4-12(15(19)20)6-11(13)3/h4-6,9-10,19-20H,7-8H2,1-3H3. The molecule has 1 aromatic carbocycles. The van der Waals surface area contributed by atoms with Gasteiger partial charge in [0.15, 0.2) is 5.82 Å². The van der Waals surface area contributed by atoms with Crippen LogP contribution in [0.1, 0.15) is 25.2 Å². The fourth-order valence-electron chi connectivity index (χ4n) is 2.04. The molecule has 2 aromatic rings. The molecule has 1 aromatic heterocycles. The Hall–Kier alpha value is -1.86. The first kappa shape index (κ1) is 15.5. The van der Waals surface area contributed by atoms with E-state index in [1.165, 1.54) is 6.33 Å². The molecule has 0 aliphatic heterocycles. The topological polar surface area (TPSA) is 80.4 Å². The zero-order chi connectivity index (χ0) is 15.4. The highest BCUT2D eigenvalue weighted by Crippen LogP contribution is 2.17. The van der Waals surface area contributed by atoms with E-state index < -0.39 is 7.12 Å². The SMILES string of the molecule is Cc1cc(B(O)O)ccc1OCc1ncnn1CC(C)C. The molecule has 0 fully saturated rings. The van der Waals surface area contributed by atoms with E-state index >= 15 is 0 Å². The van der Waals surface area contributed by atoms with Crippen LogP contribution in [-0.2, 0) is 13.2 Å². The van der Waals surface area contributed by atoms with Crippen LogP contribution in [0.4, 0.5) is 0 Å². The average Bonchev–Trinajstić information content (AvgIpc) is 2.83. The molecule has 0 saturated heterocycles. The van der Waals surface area contributed by atoms with Crippen LogP contribution in [0.15, 0.2) is 24.5 Å². The summed E-state index contributed by atoms with van der Waals surface area (Å²) < 4.78 is 7.59. The lowest BCUT2D eigenvalue weighted by atomic mass is 9.79. The first-order chi connectivity index (χ1) is 9.97. The smallest absolute Gasteiger partial charge is 0.485 e. The van der Waals surface area contributed by atoms with E-state index in [1.807, 2.05) is 11.6 Å². The summed E-state index contributed by atoms with van der Waals surface area (Å²) in [4.78, 5) is 4.21. The van der Waals surface area contributed by atoms with Gasteiger partial charge in [-0.2, -0.15) is 5.10 Å². The van der Waals surface area contributed by atoms with Crippen LogP contribution < -0.4 is 10.2 Å². The summed E-state index contributed by atoms with van der Waals surface area (Å²) >= 11 is 0. The van der Waals surface area contributed by atoms with Gasteiger partial charge in [-0.05, 0) is 29.9 Å². The van der Waals surface area contributed by atoms with Crippen LogP contribution in [0.25, 0.3) is 0 Å². The van der Waals surface area contributed by atoms with Gasteiger partial charge < -0.3 is 14.8 Å². The third kappa shape index (κ3) is 4.06. The van der Waals surface area contributed by atoms with Gasteiger partial charge in [0, 0.05) is 6.54 Å². The van der Waals surface area contributed by atoms with Gasteiger partial charge in [-0.15, -0.1) is 0 Å². The minimum atomic E-state index is -1.47. The Morgan fingerprint density at radius 2 is 2.10 bits per heavy atom. The summed E-state index contributed by atoms with van der Waals surface area (Å²) in [5, 5.41) is 22.5. The lowest BCUT2D eigenvalue weighted by molar-refractivity contribution is 0.281. The van der Waals surface area contributed by atoms with Gasteiger partial charge in [0.25, 0.3) is 0 Å². The zero-order valence-corrected chi connectivity index (χ0v) is 12.5. The zero-order valence-electron chi connectivity index (χ0n) is 12.5. The molecule has 2 N–H and O–H groups in total. The molecule has 0 aliphatic carbocycles. The minimum absolute atomic E-state index is 0.328. The molecule has 0 saturated carbocycles. The van der Waals surface area contributed by atoms with Crippen LogP contribution in [0.3, 0.4) is 0 Å². The molecule has 0 amide bonds. The van der Waals surface area contributed by atoms with E-state index in [0.29, 0.717) is 23.7 Å². The third-order valence-electron chi connectivity index (χ3n) is 3.09. The minimum Gasteiger partial charge on any atom is -0.485 e. The van der Waals surface area contributed by atoms with Crippen molar-refractivity contribution in [3.05, 3.63) is 35.9 Å². The first-order valence-corrected chi connectivity index (χ1v) is 6.93. The molecule has 0 bridgehead atoms. The van der Waals surface area contributed by atoms with Gasteiger partial charge in [-0.25, -0.2) is 9.67 Å². The van der Waals surface area contributed by atoms with Crippen molar-refractivity contribution < 1.29 is 14.8 Å². The summed E-state index contributed by atoms with van der Waals surface area (Å²) in [6, 6.07) is 5.05. The van der Waals surface area contributed by atoms with Gasteiger partial charge in [-0.1, -0.05) is 26.0 Å². The highest BCUT2D eigenvalue weighted by molar-refractivity contribution is 6.58. The number of ether oxygens (including phenoxy) is 1. The molecule has 21 heavy (non-hydrogen) atoms. The first-order valence-electron chi connectivity index (χ1n) is 6.93. The molecule has 0 spiro atoms. The van der Waals surface area contributed by atoms with Crippen LogP contribution in [-0.4, -0.2) is 31.9 Å². The van der Waals surface area contributed by atoms with Crippen molar-refractivity contribution in [3.63, 3.8) is 0 Å². The maximum Gasteiger partial charge on any atom is 0.488 e. The lowest BCUT2D eigenvalue weighted by Gasteiger charge is -2.12.